The highest BCUT2D eigenvalue weighted by molar-refractivity contribution is 5.93. The van der Waals surface area contributed by atoms with Crippen LogP contribution in [0.15, 0.2) is 53.3 Å². The summed E-state index contributed by atoms with van der Waals surface area (Å²) in [6.45, 7) is 5.26. The molecule has 1 aliphatic heterocycles. The van der Waals surface area contributed by atoms with E-state index in [1.54, 1.807) is 4.68 Å². The van der Waals surface area contributed by atoms with E-state index in [1.807, 2.05) is 24.3 Å². The van der Waals surface area contributed by atoms with Gasteiger partial charge in [-0.25, -0.2) is 4.68 Å². The monoisotopic (exact) mass is 391 g/mol. The van der Waals surface area contributed by atoms with Crippen molar-refractivity contribution in [1.29, 1.82) is 0 Å². The average Bonchev–Trinajstić information content (AvgIpc) is 2.76. The van der Waals surface area contributed by atoms with Gasteiger partial charge in [-0.15, -0.1) is 0 Å². The summed E-state index contributed by atoms with van der Waals surface area (Å²) in [4.78, 5) is 15.3. The van der Waals surface area contributed by atoms with Gasteiger partial charge < -0.3 is 4.74 Å². The molecule has 0 radical (unpaired) electrons. The minimum atomic E-state index is -0.0330. The molecule has 3 aromatic rings. The molecule has 152 valence electrons. The number of benzene rings is 2. The topological polar surface area (TPSA) is 47.4 Å². The molecule has 0 atom stereocenters. The summed E-state index contributed by atoms with van der Waals surface area (Å²) in [5, 5.41) is 6.40. The van der Waals surface area contributed by atoms with Gasteiger partial charge in [0, 0.05) is 24.2 Å². The fourth-order valence-electron chi connectivity index (χ4n) is 3.99. The molecule has 5 heteroatoms. The molecule has 0 spiro atoms. The molecule has 1 fully saturated rings. The number of nitrogens with zero attached hydrogens (tertiary/aromatic N) is 3. The molecule has 2 heterocycles. The summed E-state index contributed by atoms with van der Waals surface area (Å²) in [5.41, 5.74) is 3.07. The Labute approximate surface area is 171 Å². The average molecular weight is 392 g/mol. The lowest BCUT2D eigenvalue weighted by Gasteiger charge is -2.25. The van der Waals surface area contributed by atoms with Crippen molar-refractivity contribution in [2.24, 2.45) is 5.92 Å². The van der Waals surface area contributed by atoms with Crippen LogP contribution in [-0.4, -0.2) is 41.5 Å². The van der Waals surface area contributed by atoms with Crippen molar-refractivity contribution in [3.63, 3.8) is 0 Å². The van der Waals surface area contributed by atoms with Gasteiger partial charge in [0.15, 0.2) is 0 Å². The molecule has 0 bridgehead atoms. The van der Waals surface area contributed by atoms with Crippen LogP contribution in [0.4, 0.5) is 0 Å². The van der Waals surface area contributed by atoms with Crippen molar-refractivity contribution in [3.05, 3.63) is 64.4 Å². The zero-order valence-corrected chi connectivity index (χ0v) is 17.3. The van der Waals surface area contributed by atoms with E-state index in [9.17, 15) is 4.79 Å². The largest absolute Gasteiger partial charge is 0.381 e. The predicted molar refractivity (Wildman–Crippen MR) is 117 cm³/mol. The normalized spacial score (nSPS) is 15.3. The Morgan fingerprint density at radius 2 is 1.76 bits per heavy atom. The first kappa shape index (κ1) is 19.8. The summed E-state index contributed by atoms with van der Waals surface area (Å²) in [7, 11) is 2.06. The number of aromatic nitrogens is 2. The first-order valence-corrected chi connectivity index (χ1v) is 10.4. The van der Waals surface area contributed by atoms with E-state index in [-0.39, 0.29) is 5.56 Å². The first-order valence-electron chi connectivity index (χ1n) is 10.4. The lowest BCUT2D eigenvalue weighted by atomic mass is 9.96. The van der Waals surface area contributed by atoms with Crippen LogP contribution in [0.1, 0.15) is 24.8 Å². The van der Waals surface area contributed by atoms with Crippen LogP contribution in [0.3, 0.4) is 0 Å². The number of ether oxygens (including phenoxy) is 1. The van der Waals surface area contributed by atoms with Gasteiger partial charge in [-0.1, -0.05) is 48.0 Å². The van der Waals surface area contributed by atoms with Gasteiger partial charge in [-0.2, -0.15) is 5.10 Å². The lowest BCUT2D eigenvalue weighted by Crippen LogP contribution is -2.33. The van der Waals surface area contributed by atoms with Gasteiger partial charge in [-0.3, -0.25) is 9.69 Å². The molecule has 0 aliphatic carbocycles. The minimum Gasteiger partial charge on any atom is -0.381 e. The van der Waals surface area contributed by atoms with Crippen LogP contribution in [0.25, 0.3) is 22.0 Å². The highest BCUT2D eigenvalue weighted by atomic mass is 16.5. The number of hydrogen-bond acceptors (Lipinski definition) is 4. The van der Waals surface area contributed by atoms with Gasteiger partial charge in [-0.05, 0) is 51.8 Å². The zero-order valence-electron chi connectivity index (χ0n) is 17.3. The van der Waals surface area contributed by atoms with Crippen molar-refractivity contribution in [1.82, 2.24) is 14.7 Å². The molecule has 5 nitrogen and oxygen atoms in total. The van der Waals surface area contributed by atoms with Gasteiger partial charge >= 0.3 is 0 Å². The standard InChI is InChI=1S/C24H29N3O2/c1-18-7-9-20(10-8-18)23-21-5-3-4-6-22(21)24(28)27(25-23)17-26(2)14-11-19-12-15-29-16-13-19/h3-10,19H,11-17H2,1-2H3. The summed E-state index contributed by atoms with van der Waals surface area (Å²) in [6.07, 6.45) is 3.41. The van der Waals surface area contributed by atoms with E-state index < -0.39 is 0 Å². The third-order valence-electron chi connectivity index (χ3n) is 5.83. The van der Waals surface area contributed by atoms with Crippen LogP contribution in [0.2, 0.25) is 0 Å². The summed E-state index contributed by atoms with van der Waals surface area (Å²) in [5.74, 6) is 0.718. The molecule has 1 aliphatic rings. The summed E-state index contributed by atoms with van der Waals surface area (Å²) in [6, 6.07) is 16.1. The van der Waals surface area contributed by atoms with Gasteiger partial charge in [0.25, 0.3) is 5.56 Å². The maximum absolute atomic E-state index is 13.1. The van der Waals surface area contributed by atoms with E-state index >= 15 is 0 Å². The Kier molecular flexibility index (Phi) is 6.07. The highest BCUT2D eigenvalue weighted by Crippen LogP contribution is 2.25. The fraction of sp³-hybridized carbons (Fsp3) is 0.417. The van der Waals surface area contributed by atoms with Crippen LogP contribution >= 0.6 is 0 Å². The van der Waals surface area contributed by atoms with E-state index in [1.165, 1.54) is 5.56 Å². The number of hydrogen-bond donors (Lipinski definition) is 0. The molecular weight excluding hydrogens is 362 g/mol. The van der Waals surface area contributed by atoms with E-state index in [0.717, 1.165) is 67.0 Å². The molecule has 2 aromatic carbocycles. The maximum atomic E-state index is 13.1. The third-order valence-corrected chi connectivity index (χ3v) is 5.83. The van der Waals surface area contributed by atoms with Gasteiger partial charge in [0.05, 0.1) is 17.7 Å². The molecule has 0 unspecified atom stereocenters. The Hall–Kier alpha value is -2.50. The number of rotatable bonds is 6. The van der Waals surface area contributed by atoms with Gasteiger partial charge in [0.2, 0.25) is 0 Å². The molecule has 1 saturated heterocycles. The second-order valence-corrected chi connectivity index (χ2v) is 8.13. The van der Waals surface area contributed by atoms with Crippen LogP contribution in [0.5, 0.6) is 0 Å². The van der Waals surface area contributed by atoms with Crippen molar-refractivity contribution in [3.8, 4) is 11.3 Å². The van der Waals surface area contributed by atoms with E-state index in [2.05, 4.69) is 43.1 Å². The Bertz CT molecular complexity index is 1020. The lowest BCUT2D eigenvalue weighted by molar-refractivity contribution is 0.0597. The maximum Gasteiger partial charge on any atom is 0.275 e. The highest BCUT2D eigenvalue weighted by Gasteiger charge is 2.16. The first-order chi connectivity index (χ1) is 14.1. The van der Waals surface area contributed by atoms with Crippen molar-refractivity contribution < 1.29 is 4.74 Å². The van der Waals surface area contributed by atoms with Crippen molar-refractivity contribution >= 4 is 10.8 Å². The fourth-order valence-corrected chi connectivity index (χ4v) is 3.99. The second-order valence-electron chi connectivity index (χ2n) is 8.13. The van der Waals surface area contributed by atoms with Crippen LogP contribution < -0.4 is 5.56 Å². The SMILES string of the molecule is Cc1ccc(-c2nn(CN(C)CCC3CCOCC3)c(=O)c3ccccc23)cc1. The Morgan fingerprint density at radius 1 is 1.07 bits per heavy atom. The molecule has 0 N–H and O–H groups in total. The van der Waals surface area contributed by atoms with E-state index in [4.69, 9.17) is 9.84 Å². The number of aryl methyl sites for hydroxylation is 1. The second kappa shape index (κ2) is 8.89. The van der Waals surface area contributed by atoms with E-state index in [0.29, 0.717) is 6.67 Å². The zero-order chi connectivity index (χ0) is 20.2. The Morgan fingerprint density at radius 3 is 2.48 bits per heavy atom. The molecule has 1 aromatic heterocycles. The molecule has 4 rings (SSSR count). The van der Waals surface area contributed by atoms with Gasteiger partial charge in [0.1, 0.15) is 0 Å². The summed E-state index contributed by atoms with van der Waals surface area (Å²) >= 11 is 0. The van der Waals surface area contributed by atoms with Crippen molar-refractivity contribution in [2.75, 3.05) is 26.8 Å². The third kappa shape index (κ3) is 4.57. The molecule has 29 heavy (non-hydrogen) atoms. The Balaban J connectivity index is 1.61. The summed E-state index contributed by atoms with van der Waals surface area (Å²) < 4.78 is 7.06. The van der Waals surface area contributed by atoms with Crippen LogP contribution in [-0.2, 0) is 11.4 Å². The molecule has 0 saturated carbocycles. The van der Waals surface area contributed by atoms with Crippen molar-refractivity contribution in [2.45, 2.75) is 32.9 Å². The number of fused-ring (bicyclic) bond motifs is 1. The minimum absolute atomic E-state index is 0.0330. The molecule has 0 amide bonds. The predicted octanol–water partition coefficient (Wildman–Crippen LogP) is 4.08. The molecular formula is C24H29N3O2. The smallest absolute Gasteiger partial charge is 0.275 e. The van der Waals surface area contributed by atoms with Crippen LogP contribution in [0, 0.1) is 12.8 Å². The quantitative estimate of drug-likeness (QED) is 0.635.